The van der Waals surface area contributed by atoms with Crippen LogP contribution < -0.4 is 5.32 Å². The zero-order valence-corrected chi connectivity index (χ0v) is 14.4. The molecule has 124 valence electrons. The number of para-hydroxylation sites is 1. The van der Waals surface area contributed by atoms with E-state index in [1.165, 1.54) is 0 Å². The third-order valence-electron chi connectivity index (χ3n) is 4.23. The number of thiocarbonyl (C=S) groups is 1. The highest BCUT2D eigenvalue weighted by Gasteiger charge is 2.32. The van der Waals surface area contributed by atoms with E-state index in [9.17, 15) is 0 Å². The lowest BCUT2D eigenvalue weighted by Crippen LogP contribution is -2.31. The van der Waals surface area contributed by atoms with Crippen LogP contribution in [-0.2, 0) is 0 Å². The number of hydrogen-bond acceptors (Lipinski definition) is 2. The molecule has 4 nitrogen and oxygen atoms in total. The molecule has 0 fully saturated rings. The van der Waals surface area contributed by atoms with Gasteiger partial charge in [0.05, 0.1) is 5.71 Å². The monoisotopic (exact) mass is 346 g/mol. The van der Waals surface area contributed by atoms with E-state index in [2.05, 4.69) is 28.5 Å². The van der Waals surface area contributed by atoms with Gasteiger partial charge in [0.1, 0.15) is 6.04 Å². The van der Waals surface area contributed by atoms with Gasteiger partial charge in [-0.25, -0.2) is 5.01 Å². The van der Waals surface area contributed by atoms with Crippen molar-refractivity contribution < 1.29 is 0 Å². The van der Waals surface area contributed by atoms with Crippen LogP contribution in [0, 0.1) is 0 Å². The van der Waals surface area contributed by atoms with Gasteiger partial charge in [0.2, 0.25) is 0 Å². The molecule has 2 aromatic carbocycles. The Kier molecular flexibility index (Phi) is 4.31. The maximum absolute atomic E-state index is 5.64. The number of hydrazone groups is 1. The van der Waals surface area contributed by atoms with Gasteiger partial charge in [-0.1, -0.05) is 48.5 Å². The van der Waals surface area contributed by atoms with Gasteiger partial charge in [-0.3, -0.25) is 0 Å². The summed E-state index contributed by atoms with van der Waals surface area (Å²) >= 11 is 5.64. The van der Waals surface area contributed by atoms with Crippen molar-refractivity contribution in [1.82, 2.24) is 9.99 Å². The van der Waals surface area contributed by atoms with Gasteiger partial charge in [-0.15, -0.1) is 0 Å². The second kappa shape index (κ2) is 6.91. The van der Waals surface area contributed by atoms with E-state index < -0.39 is 0 Å². The lowest BCUT2D eigenvalue weighted by atomic mass is 10.0. The molecule has 25 heavy (non-hydrogen) atoms. The largest absolute Gasteiger partial charge is 0.363 e. The standard InChI is InChI=1S/C20H18N4S/c25-20(22-16-10-5-2-6-11-16)24-19(17-12-7-13-21-17)14-18(23-24)15-8-3-1-4-9-15/h1-13,19,21H,14H2,(H,22,25). The number of hydrogen-bond donors (Lipinski definition) is 2. The molecular weight excluding hydrogens is 328 g/mol. The van der Waals surface area contributed by atoms with Gasteiger partial charge < -0.3 is 10.3 Å². The Labute approximate surface area is 152 Å². The number of aromatic amines is 1. The van der Waals surface area contributed by atoms with Crippen molar-refractivity contribution in [2.24, 2.45) is 5.10 Å². The third-order valence-corrected chi connectivity index (χ3v) is 4.52. The van der Waals surface area contributed by atoms with Crippen LogP contribution in [0.15, 0.2) is 84.1 Å². The molecule has 1 unspecified atom stereocenters. The molecule has 1 aliphatic heterocycles. The fourth-order valence-corrected chi connectivity index (χ4v) is 3.28. The normalized spacial score (nSPS) is 16.6. The minimum Gasteiger partial charge on any atom is -0.363 e. The van der Waals surface area contributed by atoms with Gasteiger partial charge >= 0.3 is 0 Å². The number of nitrogens with zero attached hydrogens (tertiary/aromatic N) is 2. The molecule has 1 atom stereocenters. The van der Waals surface area contributed by atoms with Gasteiger partial charge in [0, 0.05) is 24.0 Å². The summed E-state index contributed by atoms with van der Waals surface area (Å²) in [4.78, 5) is 3.30. The fraction of sp³-hybridized carbons (Fsp3) is 0.100. The molecule has 0 aliphatic carbocycles. The molecule has 0 bridgehead atoms. The number of anilines is 1. The molecule has 5 heteroatoms. The minimum atomic E-state index is 0.0638. The molecule has 3 aromatic rings. The number of rotatable bonds is 3. The van der Waals surface area contributed by atoms with Crippen LogP contribution in [0.2, 0.25) is 0 Å². The first-order chi connectivity index (χ1) is 12.3. The Hall–Kier alpha value is -2.92. The van der Waals surface area contributed by atoms with Crippen molar-refractivity contribution in [1.29, 1.82) is 0 Å². The number of benzene rings is 2. The highest BCUT2D eigenvalue weighted by molar-refractivity contribution is 7.80. The molecule has 1 aromatic heterocycles. The van der Waals surface area contributed by atoms with Crippen molar-refractivity contribution in [3.63, 3.8) is 0 Å². The van der Waals surface area contributed by atoms with E-state index in [-0.39, 0.29) is 6.04 Å². The zero-order chi connectivity index (χ0) is 17.1. The second-order valence-corrected chi connectivity index (χ2v) is 6.29. The summed E-state index contributed by atoms with van der Waals surface area (Å²) in [6, 6.07) is 24.3. The summed E-state index contributed by atoms with van der Waals surface area (Å²) in [6.45, 7) is 0. The summed E-state index contributed by atoms with van der Waals surface area (Å²) < 4.78 is 0. The van der Waals surface area contributed by atoms with E-state index in [4.69, 9.17) is 17.3 Å². The van der Waals surface area contributed by atoms with Crippen molar-refractivity contribution in [2.45, 2.75) is 12.5 Å². The van der Waals surface area contributed by atoms with Crippen LogP contribution in [0.25, 0.3) is 0 Å². The minimum absolute atomic E-state index is 0.0638. The topological polar surface area (TPSA) is 43.4 Å². The molecule has 0 amide bonds. The van der Waals surface area contributed by atoms with Crippen molar-refractivity contribution in [2.75, 3.05) is 5.32 Å². The molecule has 1 aliphatic rings. The van der Waals surface area contributed by atoms with Crippen LogP contribution in [0.1, 0.15) is 23.7 Å². The average Bonchev–Trinajstić information content (AvgIpc) is 3.33. The summed E-state index contributed by atoms with van der Waals surface area (Å²) in [5, 5.41) is 10.6. The molecule has 0 radical (unpaired) electrons. The smallest absolute Gasteiger partial charge is 0.194 e. The average molecular weight is 346 g/mol. The first-order valence-electron chi connectivity index (χ1n) is 8.23. The van der Waals surface area contributed by atoms with E-state index >= 15 is 0 Å². The number of nitrogens with one attached hydrogen (secondary N) is 2. The van der Waals surface area contributed by atoms with E-state index in [1.54, 1.807) is 0 Å². The summed E-state index contributed by atoms with van der Waals surface area (Å²) in [5.74, 6) is 0. The van der Waals surface area contributed by atoms with Crippen molar-refractivity contribution in [3.05, 3.63) is 90.3 Å². The third kappa shape index (κ3) is 3.32. The predicted octanol–water partition coefficient (Wildman–Crippen LogP) is 4.56. The first kappa shape index (κ1) is 15.6. The lowest BCUT2D eigenvalue weighted by Gasteiger charge is -2.23. The molecule has 4 rings (SSSR count). The summed E-state index contributed by atoms with van der Waals surface area (Å²) in [6.07, 6.45) is 2.74. The maximum atomic E-state index is 5.64. The Morgan fingerprint density at radius 1 is 1.00 bits per heavy atom. The Morgan fingerprint density at radius 3 is 2.40 bits per heavy atom. The summed E-state index contributed by atoms with van der Waals surface area (Å²) in [7, 11) is 0. The number of aromatic nitrogens is 1. The Bertz CT molecular complexity index is 873. The van der Waals surface area contributed by atoms with E-state index in [1.807, 2.05) is 65.8 Å². The summed E-state index contributed by atoms with van der Waals surface area (Å²) in [5.41, 5.74) is 4.23. The Balaban J connectivity index is 1.63. The van der Waals surface area contributed by atoms with Gasteiger partial charge in [0.25, 0.3) is 0 Å². The fourth-order valence-electron chi connectivity index (χ4n) is 3.00. The molecule has 0 saturated heterocycles. The second-order valence-electron chi connectivity index (χ2n) is 5.90. The van der Waals surface area contributed by atoms with Gasteiger partial charge in [0.15, 0.2) is 5.11 Å². The highest BCUT2D eigenvalue weighted by atomic mass is 32.1. The van der Waals surface area contributed by atoms with Crippen LogP contribution in [0.5, 0.6) is 0 Å². The SMILES string of the molecule is S=C(Nc1ccccc1)N1N=C(c2ccccc2)CC1c1ccc[nH]1. The predicted molar refractivity (Wildman–Crippen MR) is 106 cm³/mol. The van der Waals surface area contributed by atoms with Crippen LogP contribution in [0.3, 0.4) is 0 Å². The quantitative estimate of drug-likeness (QED) is 0.683. The van der Waals surface area contributed by atoms with Crippen LogP contribution in [0.4, 0.5) is 5.69 Å². The molecule has 0 spiro atoms. The van der Waals surface area contributed by atoms with E-state index in [0.717, 1.165) is 29.1 Å². The van der Waals surface area contributed by atoms with Crippen molar-refractivity contribution in [3.8, 4) is 0 Å². The zero-order valence-electron chi connectivity index (χ0n) is 13.6. The van der Waals surface area contributed by atoms with Crippen molar-refractivity contribution >= 4 is 28.7 Å². The van der Waals surface area contributed by atoms with E-state index in [0.29, 0.717) is 5.11 Å². The maximum Gasteiger partial charge on any atom is 0.194 e. The molecular formula is C20H18N4S. The first-order valence-corrected chi connectivity index (χ1v) is 8.63. The van der Waals surface area contributed by atoms with Crippen LogP contribution >= 0.6 is 12.2 Å². The Morgan fingerprint density at radius 2 is 1.72 bits per heavy atom. The van der Waals surface area contributed by atoms with Gasteiger partial charge in [-0.2, -0.15) is 5.10 Å². The molecule has 2 N–H and O–H groups in total. The lowest BCUT2D eigenvalue weighted by molar-refractivity contribution is 0.369. The van der Waals surface area contributed by atoms with Crippen LogP contribution in [-0.4, -0.2) is 20.8 Å². The number of H-pyrrole nitrogens is 1. The molecule has 2 heterocycles. The highest BCUT2D eigenvalue weighted by Crippen LogP contribution is 2.32. The van der Waals surface area contributed by atoms with Gasteiger partial charge in [-0.05, 0) is 42.0 Å². The molecule has 0 saturated carbocycles.